The van der Waals surface area contributed by atoms with Crippen LogP contribution in [0.15, 0.2) is 48.5 Å². The van der Waals surface area contributed by atoms with E-state index in [1.807, 2.05) is 24.3 Å². The number of aliphatic carboxylic acids is 1. The van der Waals surface area contributed by atoms with Crippen LogP contribution in [0.2, 0.25) is 0 Å². The first-order chi connectivity index (χ1) is 16.5. The number of carbonyl (C=O) groups excluding carboxylic acids is 2. The van der Waals surface area contributed by atoms with Gasteiger partial charge in [0.25, 0.3) is 0 Å². The Bertz CT molecular complexity index is 1050. The molecule has 7 heteroatoms. The van der Waals surface area contributed by atoms with E-state index in [-0.39, 0.29) is 36.4 Å². The van der Waals surface area contributed by atoms with Gasteiger partial charge in [-0.25, -0.2) is 4.79 Å². The SMILES string of the molecule is O=C(NC1CCCC1C(=O)NC1CCCC1C(=O)O)OCC1c2ccccc2-c2ccccc21. The standard InChI is InChI=1S/C27H30N2O5/c30-25(28-24-14-6-12-21(24)26(31)32)20-11-5-13-23(20)29-27(33)34-15-22-18-9-3-1-7-16(18)17-8-2-4-10-19(17)22/h1-4,7-10,20-24H,5-6,11-15H2,(H,28,30)(H,29,33)(H,31,32). The first kappa shape index (κ1) is 22.4. The zero-order chi connectivity index (χ0) is 23.7. The predicted octanol–water partition coefficient (Wildman–Crippen LogP) is 4.06. The van der Waals surface area contributed by atoms with Crippen LogP contribution < -0.4 is 10.6 Å². The molecule has 2 fully saturated rings. The van der Waals surface area contributed by atoms with E-state index in [1.165, 1.54) is 11.1 Å². The van der Waals surface area contributed by atoms with Gasteiger partial charge in [0, 0.05) is 18.0 Å². The normalized spacial score (nSPS) is 25.4. The van der Waals surface area contributed by atoms with Crippen LogP contribution in [0.4, 0.5) is 4.79 Å². The molecule has 3 N–H and O–H groups in total. The van der Waals surface area contributed by atoms with Crippen LogP contribution in [0.25, 0.3) is 11.1 Å². The summed E-state index contributed by atoms with van der Waals surface area (Å²) >= 11 is 0. The van der Waals surface area contributed by atoms with Crippen molar-refractivity contribution in [2.24, 2.45) is 11.8 Å². The van der Waals surface area contributed by atoms with E-state index in [9.17, 15) is 19.5 Å². The smallest absolute Gasteiger partial charge is 0.407 e. The third kappa shape index (κ3) is 4.27. The maximum Gasteiger partial charge on any atom is 0.407 e. The van der Waals surface area contributed by atoms with Crippen LogP contribution in [0, 0.1) is 11.8 Å². The second kappa shape index (κ2) is 9.49. The fourth-order valence-electron chi connectivity index (χ4n) is 5.96. The van der Waals surface area contributed by atoms with Crippen molar-refractivity contribution in [2.45, 2.75) is 56.5 Å². The molecule has 2 aromatic rings. The van der Waals surface area contributed by atoms with Gasteiger partial charge in [0.05, 0.1) is 11.8 Å². The molecule has 0 aromatic heterocycles. The number of amides is 2. The Morgan fingerprint density at radius 3 is 1.97 bits per heavy atom. The average Bonchev–Trinajstić information content (AvgIpc) is 3.55. The van der Waals surface area contributed by atoms with Crippen molar-refractivity contribution >= 4 is 18.0 Å². The Morgan fingerprint density at radius 2 is 1.35 bits per heavy atom. The van der Waals surface area contributed by atoms with Gasteiger partial charge in [-0.05, 0) is 47.9 Å². The molecule has 7 nitrogen and oxygen atoms in total. The van der Waals surface area contributed by atoms with Crippen molar-refractivity contribution < 1.29 is 24.2 Å². The fraction of sp³-hybridized carbons (Fsp3) is 0.444. The summed E-state index contributed by atoms with van der Waals surface area (Å²) in [5.74, 6) is -1.94. The summed E-state index contributed by atoms with van der Waals surface area (Å²) in [6.45, 7) is 0.228. The summed E-state index contributed by atoms with van der Waals surface area (Å²) in [5, 5.41) is 15.2. The van der Waals surface area contributed by atoms with Crippen molar-refractivity contribution in [1.29, 1.82) is 0 Å². The summed E-state index contributed by atoms with van der Waals surface area (Å²) in [7, 11) is 0. The van der Waals surface area contributed by atoms with Crippen LogP contribution in [0.1, 0.15) is 55.6 Å². The monoisotopic (exact) mass is 462 g/mol. The Labute approximate surface area is 198 Å². The van der Waals surface area contributed by atoms with Gasteiger partial charge in [0.1, 0.15) is 6.61 Å². The van der Waals surface area contributed by atoms with Crippen molar-refractivity contribution in [3.05, 3.63) is 59.7 Å². The average molecular weight is 463 g/mol. The van der Waals surface area contributed by atoms with Crippen LogP contribution in [0.5, 0.6) is 0 Å². The molecule has 5 rings (SSSR count). The lowest BCUT2D eigenvalue weighted by molar-refractivity contribution is -0.142. The van der Waals surface area contributed by atoms with E-state index in [2.05, 4.69) is 34.9 Å². The van der Waals surface area contributed by atoms with E-state index >= 15 is 0 Å². The lowest BCUT2D eigenvalue weighted by Gasteiger charge is -2.24. The van der Waals surface area contributed by atoms with Gasteiger partial charge in [0.15, 0.2) is 0 Å². The van der Waals surface area contributed by atoms with Crippen molar-refractivity contribution in [3.8, 4) is 11.1 Å². The van der Waals surface area contributed by atoms with Crippen LogP contribution in [-0.2, 0) is 14.3 Å². The number of carbonyl (C=O) groups is 3. The number of rotatable bonds is 6. The molecule has 0 bridgehead atoms. The highest BCUT2D eigenvalue weighted by Crippen LogP contribution is 2.44. The quantitative estimate of drug-likeness (QED) is 0.600. The number of hydrogen-bond acceptors (Lipinski definition) is 4. The molecule has 2 amide bonds. The topological polar surface area (TPSA) is 105 Å². The van der Waals surface area contributed by atoms with E-state index < -0.39 is 18.0 Å². The minimum absolute atomic E-state index is 0.0175. The van der Waals surface area contributed by atoms with Crippen LogP contribution in [-0.4, -0.2) is 41.8 Å². The van der Waals surface area contributed by atoms with E-state index in [0.717, 1.165) is 24.0 Å². The van der Waals surface area contributed by atoms with Gasteiger partial charge >= 0.3 is 12.1 Å². The van der Waals surface area contributed by atoms with Crippen LogP contribution in [0.3, 0.4) is 0 Å². The highest BCUT2D eigenvalue weighted by atomic mass is 16.5. The third-order valence-electron chi connectivity index (χ3n) is 7.66. The van der Waals surface area contributed by atoms with E-state index in [4.69, 9.17) is 4.74 Å². The maximum atomic E-state index is 12.9. The second-order valence-corrected chi connectivity index (χ2v) is 9.60. The molecule has 0 spiro atoms. The van der Waals surface area contributed by atoms with Crippen LogP contribution >= 0.6 is 0 Å². The Hall–Kier alpha value is -3.35. The molecular formula is C27H30N2O5. The van der Waals surface area contributed by atoms with Gasteiger partial charge in [0.2, 0.25) is 5.91 Å². The Balaban J connectivity index is 1.19. The minimum atomic E-state index is -0.859. The first-order valence-electron chi connectivity index (χ1n) is 12.2. The molecule has 2 saturated carbocycles. The fourth-order valence-corrected chi connectivity index (χ4v) is 5.96. The lowest BCUT2D eigenvalue weighted by atomic mass is 9.98. The molecule has 0 saturated heterocycles. The molecule has 3 aliphatic carbocycles. The number of carboxylic acid groups (broad SMARTS) is 1. The van der Waals surface area contributed by atoms with Gasteiger partial charge in [-0.3, -0.25) is 9.59 Å². The molecule has 4 atom stereocenters. The molecule has 0 heterocycles. The molecule has 4 unspecified atom stereocenters. The molecule has 34 heavy (non-hydrogen) atoms. The molecule has 0 radical (unpaired) electrons. The number of fused-ring (bicyclic) bond motifs is 3. The predicted molar refractivity (Wildman–Crippen MR) is 126 cm³/mol. The van der Waals surface area contributed by atoms with Crippen molar-refractivity contribution in [1.82, 2.24) is 10.6 Å². The number of alkyl carbamates (subject to hydrolysis) is 1. The van der Waals surface area contributed by atoms with Gasteiger partial charge in [-0.15, -0.1) is 0 Å². The van der Waals surface area contributed by atoms with Gasteiger partial charge < -0.3 is 20.5 Å². The molecule has 0 aliphatic heterocycles. The maximum absolute atomic E-state index is 12.9. The third-order valence-corrected chi connectivity index (χ3v) is 7.66. The number of hydrogen-bond donors (Lipinski definition) is 3. The van der Waals surface area contributed by atoms with E-state index in [0.29, 0.717) is 25.7 Å². The molecule has 178 valence electrons. The second-order valence-electron chi connectivity index (χ2n) is 9.60. The van der Waals surface area contributed by atoms with Crippen molar-refractivity contribution in [3.63, 3.8) is 0 Å². The largest absolute Gasteiger partial charge is 0.481 e. The van der Waals surface area contributed by atoms with Crippen molar-refractivity contribution in [2.75, 3.05) is 6.61 Å². The highest BCUT2D eigenvalue weighted by molar-refractivity contribution is 5.82. The Kier molecular flexibility index (Phi) is 6.26. The molecular weight excluding hydrogens is 432 g/mol. The summed E-state index contributed by atoms with van der Waals surface area (Å²) in [5.41, 5.74) is 4.65. The number of benzene rings is 2. The number of carboxylic acids is 1. The lowest BCUT2D eigenvalue weighted by Crippen LogP contribution is -2.48. The Morgan fingerprint density at radius 1 is 0.794 bits per heavy atom. The summed E-state index contributed by atoms with van der Waals surface area (Å²) in [6, 6.07) is 15.7. The minimum Gasteiger partial charge on any atom is -0.481 e. The summed E-state index contributed by atoms with van der Waals surface area (Å²) in [4.78, 5) is 37.0. The molecule has 2 aromatic carbocycles. The molecule has 3 aliphatic rings. The first-order valence-corrected chi connectivity index (χ1v) is 12.2. The highest BCUT2D eigenvalue weighted by Gasteiger charge is 2.39. The summed E-state index contributed by atoms with van der Waals surface area (Å²) < 4.78 is 5.65. The number of ether oxygens (including phenoxy) is 1. The zero-order valence-electron chi connectivity index (χ0n) is 19.0. The number of nitrogens with one attached hydrogen (secondary N) is 2. The van der Waals surface area contributed by atoms with Gasteiger partial charge in [-0.1, -0.05) is 61.4 Å². The summed E-state index contributed by atoms with van der Waals surface area (Å²) in [6.07, 6.45) is 3.76. The van der Waals surface area contributed by atoms with Gasteiger partial charge in [-0.2, -0.15) is 0 Å². The van der Waals surface area contributed by atoms with E-state index in [1.54, 1.807) is 0 Å². The zero-order valence-corrected chi connectivity index (χ0v) is 19.0.